The zero-order chi connectivity index (χ0) is 17.4. The molecule has 1 aromatic rings. The smallest absolute Gasteiger partial charge is 0.410 e. The van der Waals surface area contributed by atoms with Crippen molar-refractivity contribution in [1.82, 2.24) is 10.2 Å². The van der Waals surface area contributed by atoms with Crippen LogP contribution in [0.3, 0.4) is 0 Å². The largest absolute Gasteiger partial charge is 0.494 e. The Hall–Kier alpha value is -2.50. The van der Waals surface area contributed by atoms with E-state index in [-0.39, 0.29) is 24.6 Å². The lowest BCUT2D eigenvalue weighted by molar-refractivity contribution is 0.0874. The topological polar surface area (TPSA) is 67.9 Å². The Morgan fingerprint density at radius 1 is 1.29 bits per heavy atom. The lowest BCUT2D eigenvalue weighted by atomic mass is 10.0. The molecule has 0 spiro atoms. The highest BCUT2D eigenvalue weighted by molar-refractivity contribution is 5.94. The first-order chi connectivity index (χ1) is 11.6. The van der Waals surface area contributed by atoms with E-state index in [2.05, 4.69) is 11.9 Å². The number of carbonyl (C=O) groups is 2. The van der Waals surface area contributed by atoms with Crippen LogP contribution in [0, 0.1) is 0 Å². The minimum absolute atomic E-state index is 0.0625. The second kappa shape index (κ2) is 8.96. The van der Waals surface area contributed by atoms with E-state index in [1.807, 2.05) is 6.92 Å². The zero-order valence-electron chi connectivity index (χ0n) is 14.0. The highest BCUT2D eigenvalue weighted by atomic mass is 16.6. The van der Waals surface area contributed by atoms with Crippen molar-refractivity contribution in [2.45, 2.75) is 25.8 Å². The zero-order valence-corrected chi connectivity index (χ0v) is 14.0. The van der Waals surface area contributed by atoms with Crippen molar-refractivity contribution in [1.29, 1.82) is 0 Å². The number of carbonyl (C=O) groups excluding carboxylic acids is 2. The second-order valence-corrected chi connectivity index (χ2v) is 5.56. The predicted molar refractivity (Wildman–Crippen MR) is 91.2 cm³/mol. The first-order valence-electron chi connectivity index (χ1n) is 8.20. The normalized spacial score (nSPS) is 14.8. The summed E-state index contributed by atoms with van der Waals surface area (Å²) in [5, 5.41) is 3.01. The molecule has 1 aliphatic rings. The molecule has 2 amide bonds. The van der Waals surface area contributed by atoms with Crippen LogP contribution >= 0.6 is 0 Å². The van der Waals surface area contributed by atoms with Crippen molar-refractivity contribution in [3.05, 3.63) is 42.5 Å². The molecule has 1 fully saturated rings. The maximum absolute atomic E-state index is 12.3. The summed E-state index contributed by atoms with van der Waals surface area (Å²) in [6.07, 6.45) is 2.64. The number of hydrogen-bond donors (Lipinski definition) is 1. The first kappa shape index (κ1) is 17.8. The van der Waals surface area contributed by atoms with E-state index < -0.39 is 0 Å². The number of likely N-dealkylation sites (tertiary alicyclic amines) is 1. The Balaban J connectivity index is 1.79. The molecule has 0 saturated carbocycles. The number of ether oxygens (including phenoxy) is 2. The van der Waals surface area contributed by atoms with Crippen LogP contribution in [0.1, 0.15) is 30.1 Å². The average molecular weight is 332 g/mol. The molecule has 1 saturated heterocycles. The maximum atomic E-state index is 12.3. The van der Waals surface area contributed by atoms with Crippen LogP contribution in [0.4, 0.5) is 4.79 Å². The molecule has 24 heavy (non-hydrogen) atoms. The van der Waals surface area contributed by atoms with Gasteiger partial charge in [0.05, 0.1) is 6.61 Å². The van der Waals surface area contributed by atoms with Crippen LogP contribution in [0.2, 0.25) is 0 Å². The lowest BCUT2D eigenvalue weighted by Crippen LogP contribution is -2.46. The molecule has 0 aromatic heterocycles. The average Bonchev–Trinajstić information content (AvgIpc) is 2.61. The van der Waals surface area contributed by atoms with Gasteiger partial charge in [-0.1, -0.05) is 12.7 Å². The van der Waals surface area contributed by atoms with Gasteiger partial charge in [-0.2, -0.15) is 0 Å². The van der Waals surface area contributed by atoms with Crippen LogP contribution in [-0.4, -0.2) is 49.2 Å². The van der Waals surface area contributed by atoms with Crippen molar-refractivity contribution >= 4 is 12.0 Å². The minimum Gasteiger partial charge on any atom is -0.494 e. The van der Waals surface area contributed by atoms with Crippen LogP contribution in [0.15, 0.2) is 36.9 Å². The number of nitrogens with zero attached hydrogens (tertiary/aromatic N) is 1. The van der Waals surface area contributed by atoms with Crippen molar-refractivity contribution in [2.24, 2.45) is 0 Å². The molecule has 6 nitrogen and oxygen atoms in total. The van der Waals surface area contributed by atoms with Gasteiger partial charge in [-0.3, -0.25) is 4.79 Å². The highest BCUT2D eigenvalue weighted by Gasteiger charge is 2.24. The van der Waals surface area contributed by atoms with Crippen LogP contribution in [-0.2, 0) is 4.74 Å². The fraction of sp³-hybridized carbons (Fsp3) is 0.444. The quantitative estimate of drug-likeness (QED) is 0.813. The maximum Gasteiger partial charge on any atom is 0.410 e. The molecule has 1 N–H and O–H groups in total. The van der Waals surface area contributed by atoms with Gasteiger partial charge in [-0.05, 0) is 44.0 Å². The van der Waals surface area contributed by atoms with E-state index in [0.717, 1.165) is 5.75 Å². The summed E-state index contributed by atoms with van der Waals surface area (Å²) in [6, 6.07) is 7.14. The van der Waals surface area contributed by atoms with Gasteiger partial charge in [-0.15, -0.1) is 0 Å². The van der Waals surface area contributed by atoms with E-state index in [0.29, 0.717) is 38.1 Å². The van der Waals surface area contributed by atoms with Gasteiger partial charge in [0.2, 0.25) is 0 Å². The Bertz CT molecular complexity index is 563. The minimum atomic E-state index is -0.328. The van der Waals surface area contributed by atoms with E-state index in [9.17, 15) is 9.59 Å². The molecule has 0 radical (unpaired) electrons. The lowest BCUT2D eigenvalue weighted by Gasteiger charge is -2.31. The summed E-state index contributed by atoms with van der Waals surface area (Å²) >= 11 is 0. The van der Waals surface area contributed by atoms with Gasteiger partial charge in [0.1, 0.15) is 12.4 Å². The van der Waals surface area contributed by atoms with Gasteiger partial charge in [0.25, 0.3) is 5.91 Å². The summed E-state index contributed by atoms with van der Waals surface area (Å²) < 4.78 is 10.4. The molecular weight excluding hydrogens is 308 g/mol. The molecule has 1 aliphatic heterocycles. The number of piperidine rings is 1. The first-order valence-corrected chi connectivity index (χ1v) is 8.20. The van der Waals surface area contributed by atoms with Gasteiger partial charge in [0, 0.05) is 24.7 Å². The molecular formula is C18H24N2O4. The van der Waals surface area contributed by atoms with Gasteiger partial charge in [-0.25, -0.2) is 4.79 Å². The van der Waals surface area contributed by atoms with E-state index in [4.69, 9.17) is 9.47 Å². The fourth-order valence-electron chi connectivity index (χ4n) is 2.57. The van der Waals surface area contributed by atoms with Crippen molar-refractivity contribution in [3.63, 3.8) is 0 Å². The van der Waals surface area contributed by atoms with E-state index >= 15 is 0 Å². The summed E-state index contributed by atoms with van der Waals surface area (Å²) in [4.78, 5) is 25.7. The summed E-state index contributed by atoms with van der Waals surface area (Å²) in [5.74, 6) is 0.645. The standard InChI is InChI=1S/C18H24N2O4/c1-3-13-24-18(22)20-11-9-15(10-12-20)19-17(21)14-5-7-16(8-6-14)23-4-2/h3,5-8,15H,1,4,9-13H2,2H3,(H,19,21). The molecule has 0 unspecified atom stereocenters. The molecule has 6 heteroatoms. The Morgan fingerprint density at radius 3 is 2.54 bits per heavy atom. The summed E-state index contributed by atoms with van der Waals surface area (Å²) in [5.41, 5.74) is 0.603. The Labute approximate surface area is 142 Å². The number of hydrogen-bond acceptors (Lipinski definition) is 4. The number of benzene rings is 1. The third-order valence-corrected chi connectivity index (χ3v) is 3.84. The van der Waals surface area contributed by atoms with Crippen LogP contribution < -0.4 is 10.1 Å². The molecule has 0 bridgehead atoms. The molecule has 0 atom stereocenters. The number of rotatable bonds is 6. The molecule has 0 aliphatic carbocycles. The fourth-order valence-corrected chi connectivity index (χ4v) is 2.57. The van der Waals surface area contributed by atoms with Crippen molar-refractivity contribution < 1.29 is 19.1 Å². The van der Waals surface area contributed by atoms with Crippen molar-refractivity contribution in [3.8, 4) is 5.75 Å². The van der Waals surface area contributed by atoms with Crippen LogP contribution in [0.25, 0.3) is 0 Å². The van der Waals surface area contributed by atoms with Crippen molar-refractivity contribution in [2.75, 3.05) is 26.3 Å². The molecule has 1 heterocycles. The number of nitrogens with one attached hydrogen (secondary N) is 1. The monoisotopic (exact) mass is 332 g/mol. The molecule has 130 valence electrons. The SMILES string of the molecule is C=CCOC(=O)N1CCC(NC(=O)c2ccc(OCC)cc2)CC1. The van der Waals surface area contributed by atoms with Gasteiger partial charge < -0.3 is 19.7 Å². The predicted octanol–water partition coefficient (Wildman–Crippen LogP) is 2.60. The third-order valence-electron chi connectivity index (χ3n) is 3.84. The third kappa shape index (κ3) is 5.01. The van der Waals surface area contributed by atoms with Gasteiger partial charge >= 0.3 is 6.09 Å². The molecule has 2 rings (SSSR count). The summed E-state index contributed by atoms with van der Waals surface area (Å²) in [6.45, 7) is 7.39. The highest BCUT2D eigenvalue weighted by Crippen LogP contribution is 2.15. The Kier molecular flexibility index (Phi) is 6.66. The van der Waals surface area contributed by atoms with E-state index in [1.54, 1.807) is 35.2 Å². The second-order valence-electron chi connectivity index (χ2n) is 5.56. The number of amides is 2. The Morgan fingerprint density at radius 2 is 1.96 bits per heavy atom. The van der Waals surface area contributed by atoms with Crippen LogP contribution in [0.5, 0.6) is 5.75 Å². The van der Waals surface area contributed by atoms with E-state index in [1.165, 1.54) is 0 Å². The van der Waals surface area contributed by atoms with Gasteiger partial charge in [0.15, 0.2) is 0 Å². The summed E-state index contributed by atoms with van der Waals surface area (Å²) in [7, 11) is 0. The molecule has 1 aromatic carbocycles.